The van der Waals surface area contributed by atoms with Crippen molar-refractivity contribution in [2.45, 2.75) is 12.8 Å². The number of aliphatic carboxylic acids is 1. The number of hydrogen-bond donors (Lipinski definition) is 3. The number of nitrogens with zero attached hydrogens (tertiary/aromatic N) is 1. The SMILES string of the molecule is CN(C)C(=O)C1Cc2ccc(Cl)cc2NC1=O.O=C(O)C1Cc2ccc(Cl)cc2NC1=O. The van der Waals surface area contributed by atoms with Gasteiger partial charge in [0.25, 0.3) is 0 Å². The van der Waals surface area contributed by atoms with E-state index in [4.69, 9.17) is 28.3 Å². The molecule has 0 aromatic heterocycles. The van der Waals surface area contributed by atoms with Crippen LogP contribution in [0.3, 0.4) is 0 Å². The number of anilines is 2. The molecule has 3 amide bonds. The van der Waals surface area contributed by atoms with Gasteiger partial charge in [0.2, 0.25) is 17.7 Å². The van der Waals surface area contributed by atoms with Gasteiger partial charge < -0.3 is 20.6 Å². The number of fused-ring (bicyclic) bond motifs is 2. The Morgan fingerprint density at radius 2 is 1.31 bits per heavy atom. The Balaban J connectivity index is 0.000000182. The van der Waals surface area contributed by atoms with E-state index in [1.54, 1.807) is 44.4 Å². The van der Waals surface area contributed by atoms with Crippen LogP contribution in [-0.2, 0) is 32.0 Å². The minimum absolute atomic E-state index is 0.178. The second-order valence-electron chi connectivity index (χ2n) is 7.67. The fourth-order valence-electron chi connectivity index (χ4n) is 3.46. The predicted octanol–water partition coefficient (Wildman–Crippen LogP) is 3.07. The fourth-order valence-corrected chi connectivity index (χ4v) is 3.81. The number of nitrogens with one attached hydrogen (secondary N) is 2. The Morgan fingerprint density at radius 1 is 0.875 bits per heavy atom. The number of carboxylic acid groups (broad SMARTS) is 1. The molecule has 2 heterocycles. The average molecular weight is 478 g/mol. The first-order valence-corrected chi connectivity index (χ1v) is 10.4. The van der Waals surface area contributed by atoms with Crippen LogP contribution in [0.15, 0.2) is 36.4 Å². The van der Waals surface area contributed by atoms with Crippen molar-refractivity contribution in [1.29, 1.82) is 0 Å². The molecule has 2 aromatic rings. The van der Waals surface area contributed by atoms with E-state index in [0.29, 0.717) is 27.8 Å². The maximum atomic E-state index is 11.8. The molecule has 0 bridgehead atoms. The molecule has 0 saturated carbocycles. The molecule has 0 radical (unpaired) electrons. The van der Waals surface area contributed by atoms with Crippen molar-refractivity contribution < 1.29 is 24.3 Å². The number of carboxylic acids is 1. The summed E-state index contributed by atoms with van der Waals surface area (Å²) in [5.41, 5.74) is 3.04. The number of benzene rings is 2. The lowest BCUT2D eigenvalue weighted by Crippen LogP contribution is -2.41. The molecule has 2 atom stereocenters. The third kappa shape index (κ3) is 5.20. The van der Waals surface area contributed by atoms with Crippen LogP contribution in [0.1, 0.15) is 11.1 Å². The molecule has 3 N–H and O–H groups in total. The van der Waals surface area contributed by atoms with E-state index in [9.17, 15) is 19.2 Å². The highest BCUT2D eigenvalue weighted by atomic mass is 35.5. The van der Waals surface area contributed by atoms with Gasteiger partial charge in [0.15, 0.2) is 0 Å². The minimum Gasteiger partial charge on any atom is -0.481 e. The number of rotatable bonds is 2. The van der Waals surface area contributed by atoms with Gasteiger partial charge in [-0.15, -0.1) is 0 Å². The molecule has 32 heavy (non-hydrogen) atoms. The number of carbonyl (C=O) groups is 4. The maximum absolute atomic E-state index is 11.8. The van der Waals surface area contributed by atoms with Crippen LogP contribution < -0.4 is 10.6 Å². The molecule has 2 aliphatic rings. The van der Waals surface area contributed by atoms with Gasteiger partial charge in [-0.2, -0.15) is 0 Å². The van der Waals surface area contributed by atoms with E-state index in [-0.39, 0.29) is 18.2 Å². The van der Waals surface area contributed by atoms with E-state index in [1.165, 1.54) is 4.90 Å². The van der Waals surface area contributed by atoms with Gasteiger partial charge in [0.05, 0.1) is 0 Å². The van der Waals surface area contributed by atoms with Crippen molar-refractivity contribution in [3.8, 4) is 0 Å². The second kappa shape index (κ2) is 9.58. The quantitative estimate of drug-likeness (QED) is 0.574. The Bertz CT molecular complexity index is 1100. The van der Waals surface area contributed by atoms with Crippen molar-refractivity contribution in [2.24, 2.45) is 11.8 Å². The second-order valence-corrected chi connectivity index (χ2v) is 8.54. The summed E-state index contributed by atoms with van der Waals surface area (Å²) in [5, 5.41) is 15.1. The third-order valence-electron chi connectivity index (χ3n) is 5.18. The van der Waals surface area contributed by atoms with Gasteiger partial charge in [-0.1, -0.05) is 35.3 Å². The Hall–Kier alpha value is -3.10. The lowest BCUT2D eigenvalue weighted by atomic mass is 9.92. The molecule has 0 spiro atoms. The molecular weight excluding hydrogens is 457 g/mol. The van der Waals surface area contributed by atoms with Gasteiger partial charge in [-0.25, -0.2) is 0 Å². The summed E-state index contributed by atoms with van der Waals surface area (Å²) >= 11 is 11.6. The van der Waals surface area contributed by atoms with Crippen molar-refractivity contribution in [3.63, 3.8) is 0 Å². The fraction of sp³-hybridized carbons (Fsp3) is 0.273. The highest BCUT2D eigenvalue weighted by molar-refractivity contribution is 6.31. The molecule has 0 fully saturated rings. The van der Waals surface area contributed by atoms with E-state index in [2.05, 4.69) is 10.6 Å². The Labute approximate surface area is 194 Å². The molecule has 168 valence electrons. The standard InChI is InChI=1S/C12H13ClN2O2.C10H8ClNO3/c1-15(2)12(17)9-5-7-3-4-8(13)6-10(7)14-11(9)16;11-6-2-1-5-3-7(10(14)15)9(13)12-8(5)4-6/h3-4,6,9H,5H2,1-2H3,(H,14,16);1-2,4,7H,3H2,(H,12,13)(H,14,15). The van der Waals surface area contributed by atoms with Crippen LogP contribution in [0.4, 0.5) is 11.4 Å². The van der Waals surface area contributed by atoms with Gasteiger partial charge >= 0.3 is 5.97 Å². The van der Waals surface area contributed by atoms with Crippen LogP contribution in [-0.4, -0.2) is 47.8 Å². The predicted molar refractivity (Wildman–Crippen MR) is 121 cm³/mol. The topological polar surface area (TPSA) is 116 Å². The van der Waals surface area contributed by atoms with Gasteiger partial charge in [-0.05, 0) is 48.2 Å². The van der Waals surface area contributed by atoms with Crippen molar-refractivity contribution in [1.82, 2.24) is 4.90 Å². The number of halogens is 2. The molecule has 8 nitrogen and oxygen atoms in total. The van der Waals surface area contributed by atoms with E-state index in [0.717, 1.165) is 11.1 Å². The molecule has 0 saturated heterocycles. The van der Waals surface area contributed by atoms with Gasteiger partial charge in [0.1, 0.15) is 11.8 Å². The summed E-state index contributed by atoms with van der Waals surface area (Å²) in [7, 11) is 3.29. The summed E-state index contributed by atoms with van der Waals surface area (Å²) in [6.07, 6.45) is 0.642. The number of amides is 3. The summed E-state index contributed by atoms with van der Waals surface area (Å²) in [5.74, 6) is -3.68. The first-order chi connectivity index (χ1) is 15.1. The van der Waals surface area contributed by atoms with Gasteiger partial charge in [0, 0.05) is 35.5 Å². The Morgan fingerprint density at radius 3 is 1.75 bits per heavy atom. The van der Waals surface area contributed by atoms with Gasteiger partial charge in [-0.3, -0.25) is 19.2 Å². The lowest BCUT2D eigenvalue weighted by Gasteiger charge is -2.26. The molecule has 2 aliphatic heterocycles. The summed E-state index contributed by atoms with van der Waals surface area (Å²) in [6.45, 7) is 0. The van der Waals surface area contributed by atoms with Crippen LogP contribution in [0.5, 0.6) is 0 Å². The van der Waals surface area contributed by atoms with Crippen LogP contribution in [0, 0.1) is 11.8 Å². The summed E-state index contributed by atoms with van der Waals surface area (Å²) in [6, 6.07) is 10.3. The molecule has 4 rings (SSSR count). The molecule has 2 unspecified atom stereocenters. The van der Waals surface area contributed by atoms with Crippen molar-refractivity contribution in [3.05, 3.63) is 57.6 Å². The van der Waals surface area contributed by atoms with Crippen LogP contribution in [0.2, 0.25) is 10.0 Å². The summed E-state index contributed by atoms with van der Waals surface area (Å²) < 4.78 is 0. The van der Waals surface area contributed by atoms with E-state index >= 15 is 0 Å². The van der Waals surface area contributed by atoms with Crippen LogP contribution >= 0.6 is 23.2 Å². The zero-order valence-electron chi connectivity index (χ0n) is 17.3. The number of carbonyl (C=O) groups excluding carboxylic acids is 3. The highest BCUT2D eigenvalue weighted by Crippen LogP contribution is 2.29. The monoisotopic (exact) mass is 477 g/mol. The third-order valence-corrected chi connectivity index (χ3v) is 5.65. The van der Waals surface area contributed by atoms with Crippen LogP contribution in [0.25, 0.3) is 0 Å². The zero-order valence-corrected chi connectivity index (χ0v) is 18.8. The lowest BCUT2D eigenvalue weighted by molar-refractivity contribution is -0.145. The number of hydrogen-bond acceptors (Lipinski definition) is 4. The molecule has 0 aliphatic carbocycles. The summed E-state index contributed by atoms with van der Waals surface area (Å²) in [4.78, 5) is 47.2. The van der Waals surface area contributed by atoms with Crippen molar-refractivity contribution >= 4 is 58.3 Å². The molecule has 2 aromatic carbocycles. The molecular formula is C22H21Cl2N3O5. The van der Waals surface area contributed by atoms with E-state index < -0.39 is 23.7 Å². The highest BCUT2D eigenvalue weighted by Gasteiger charge is 2.33. The maximum Gasteiger partial charge on any atom is 0.316 e. The zero-order chi connectivity index (χ0) is 23.6. The minimum atomic E-state index is -1.10. The van der Waals surface area contributed by atoms with E-state index in [1.807, 2.05) is 6.07 Å². The smallest absolute Gasteiger partial charge is 0.316 e. The molecule has 10 heteroatoms. The first-order valence-electron chi connectivity index (χ1n) is 9.69. The normalized spacial score (nSPS) is 18.8. The largest absolute Gasteiger partial charge is 0.481 e. The Kier molecular flexibility index (Phi) is 7.06. The average Bonchev–Trinajstić information content (AvgIpc) is 2.72. The first kappa shape index (κ1) is 23.6. The van der Waals surface area contributed by atoms with Crippen molar-refractivity contribution in [2.75, 3.05) is 24.7 Å².